The summed E-state index contributed by atoms with van der Waals surface area (Å²) < 4.78 is 0. The zero-order chi connectivity index (χ0) is 11.9. The lowest BCUT2D eigenvalue weighted by Crippen LogP contribution is -1.97. The highest BCUT2D eigenvalue weighted by Gasteiger charge is 1.89. The fourth-order valence-electron chi connectivity index (χ4n) is 1.86. The summed E-state index contributed by atoms with van der Waals surface area (Å²) in [6, 6.07) is 0. The van der Waals surface area contributed by atoms with Crippen molar-refractivity contribution in [3.8, 4) is 0 Å². The molecule has 0 aliphatic heterocycles. The Balaban J connectivity index is 2.97. The summed E-state index contributed by atoms with van der Waals surface area (Å²) in [6.45, 7) is 3.12. The number of rotatable bonds is 12. The van der Waals surface area contributed by atoms with Gasteiger partial charge < -0.3 is 5.73 Å². The van der Waals surface area contributed by atoms with Crippen LogP contribution in [0, 0.1) is 0 Å². The molecule has 96 valence electrons. The van der Waals surface area contributed by atoms with E-state index in [1.165, 1.54) is 70.6 Å². The molecule has 0 fully saturated rings. The quantitative estimate of drug-likeness (QED) is 0.374. The summed E-state index contributed by atoms with van der Waals surface area (Å²) in [7, 11) is 0. The average molecular weight is 225 g/mol. The fraction of sp³-hybridized carbons (Fsp3) is 0.867. The Morgan fingerprint density at radius 1 is 0.688 bits per heavy atom. The molecule has 16 heavy (non-hydrogen) atoms. The Labute approximate surface area is 102 Å². The van der Waals surface area contributed by atoms with Gasteiger partial charge in [-0.25, -0.2) is 0 Å². The molecule has 0 unspecified atom stereocenters. The van der Waals surface area contributed by atoms with Gasteiger partial charge in [0.1, 0.15) is 0 Å². The second kappa shape index (κ2) is 14.7. The first-order valence-corrected chi connectivity index (χ1v) is 7.27. The predicted octanol–water partition coefficient (Wildman–Crippen LogP) is 4.81. The van der Waals surface area contributed by atoms with Crippen molar-refractivity contribution in [3.63, 3.8) is 0 Å². The van der Waals surface area contributed by atoms with Crippen LogP contribution >= 0.6 is 0 Å². The minimum Gasteiger partial charge on any atom is -0.330 e. The van der Waals surface area contributed by atoms with Crippen molar-refractivity contribution in [2.75, 3.05) is 6.54 Å². The van der Waals surface area contributed by atoms with E-state index >= 15 is 0 Å². The monoisotopic (exact) mass is 225 g/mol. The molecule has 0 heterocycles. The van der Waals surface area contributed by atoms with Crippen molar-refractivity contribution in [1.29, 1.82) is 0 Å². The van der Waals surface area contributed by atoms with E-state index in [-0.39, 0.29) is 0 Å². The lowest BCUT2D eigenvalue weighted by atomic mass is 10.1. The van der Waals surface area contributed by atoms with Gasteiger partial charge in [0.2, 0.25) is 0 Å². The maximum Gasteiger partial charge on any atom is -0.00773 e. The lowest BCUT2D eigenvalue weighted by Gasteiger charge is -1.98. The Bertz CT molecular complexity index is 140. The van der Waals surface area contributed by atoms with E-state index in [4.69, 9.17) is 5.73 Å². The second-order valence-corrected chi connectivity index (χ2v) is 4.67. The fourth-order valence-corrected chi connectivity index (χ4v) is 1.86. The molecule has 0 saturated heterocycles. The Morgan fingerprint density at radius 2 is 1.19 bits per heavy atom. The van der Waals surface area contributed by atoms with E-state index in [9.17, 15) is 0 Å². The highest BCUT2D eigenvalue weighted by Crippen LogP contribution is 2.07. The van der Waals surface area contributed by atoms with Crippen LogP contribution in [0.2, 0.25) is 0 Å². The van der Waals surface area contributed by atoms with Crippen molar-refractivity contribution < 1.29 is 0 Å². The van der Waals surface area contributed by atoms with E-state index < -0.39 is 0 Å². The molecule has 0 amide bonds. The first kappa shape index (κ1) is 15.7. The lowest BCUT2D eigenvalue weighted by molar-refractivity contribution is 0.600. The van der Waals surface area contributed by atoms with Crippen LogP contribution in [0.1, 0.15) is 77.6 Å². The molecular weight excluding hydrogens is 194 g/mol. The number of hydrogen-bond donors (Lipinski definition) is 1. The van der Waals surface area contributed by atoms with Crippen LogP contribution < -0.4 is 5.73 Å². The topological polar surface area (TPSA) is 26.0 Å². The molecule has 0 aliphatic rings. The molecule has 0 radical (unpaired) electrons. The summed E-state index contributed by atoms with van der Waals surface area (Å²) in [5.41, 5.74) is 5.45. The van der Waals surface area contributed by atoms with E-state index in [0.29, 0.717) is 0 Å². The first-order chi connectivity index (χ1) is 7.91. The molecule has 0 rings (SSSR count). The molecule has 0 spiro atoms. The second-order valence-electron chi connectivity index (χ2n) is 4.67. The van der Waals surface area contributed by atoms with Gasteiger partial charge in [-0.05, 0) is 38.6 Å². The van der Waals surface area contributed by atoms with Crippen molar-refractivity contribution in [2.45, 2.75) is 77.6 Å². The summed E-state index contributed by atoms with van der Waals surface area (Å²) >= 11 is 0. The van der Waals surface area contributed by atoms with Crippen LogP contribution in [0.3, 0.4) is 0 Å². The molecule has 0 aliphatic carbocycles. The first-order valence-electron chi connectivity index (χ1n) is 7.27. The molecule has 0 aromatic rings. The standard InChI is InChI=1S/C15H31N/c1-2-3-4-5-6-7-8-9-10-11-12-13-14-15-16/h6-7H,2-5,8-16H2,1H3. The van der Waals surface area contributed by atoms with Gasteiger partial charge in [-0.15, -0.1) is 0 Å². The highest BCUT2D eigenvalue weighted by atomic mass is 14.5. The van der Waals surface area contributed by atoms with E-state index in [1.54, 1.807) is 0 Å². The average Bonchev–Trinajstić information content (AvgIpc) is 2.31. The van der Waals surface area contributed by atoms with Crippen LogP contribution in [-0.2, 0) is 0 Å². The molecule has 0 aromatic heterocycles. The molecule has 1 heteroatoms. The van der Waals surface area contributed by atoms with Crippen LogP contribution in [0.25, 0.3) is 0 Å². The molecule has 1 nitrogen and oxygen atoms in total. The van der Waals surface area contributed by atoms with E-state index in [0.717, 1.165) is 6.54 Å². The molecule has 2 N–H and O–H groups in total. The van der Waals surface area contributed by atoms with Gasteiger partial charge in [0, 0.05) is 0 Å². The highest BCUT2D eigenvalue weighted by molar-refractivity contribution is 4.81. The summed E-state index contributed by atoms with van der Waals surface area (Å²) in [6.07, 6.45) is 19.4. The zero-order valence-electron chi connectivity index (χ0n) is 11.2. The van der Waals surface area contributed by atoms with Gasteiger partial charge >= 0.3 is 0 Å². The molecule has 0 aromatic carbocycles. The van der Waals surface area contributed by atoms with Gasteiger partial charge in [-0.1, -0.05) is 57.6 Å². The summed E-state index contributed by atoms with van der Waals surface area (Å²) in [5, 5.41) is 0. The van der Waals surface area contributed by atoms with Crippen molar-refractivity contribution in [2.24, 2.45) is 5.73 Å². The van der Waals surface area contributed by atoms with Crippen LogP contribution in [0.5, 0.6) is 0 Å². The molecule has 0 bridgehead atoms. The Hall–Kier alpha value is -0.300. The largest absolute Gasteiger partial charge is 0.330 e. The molecule has 0 saturated carbocycles. The van der Waals surface area contributed by atoms with Gasteiger partial charge in [0.05, 0.1) is 0 Å². The summed E-state index contributed by atoms with van der Waals surface area (Å²) in [5.74, 6) is 0. The maximum atomic E-state index is 5.45. The van der Waals surface area contributed by atoms with Crippen molar-refractivity contribution >= 4 is 0 Å². The number of unbranched alkanes of at least 4 members (excludes halogenated alkanes) is 9. The summed E-state index contributed by atoms with van der Waals surface area (Å²) in [4.78, 5) is 0. The minimum atomic E-state index is 0.862. The van der Waals surface area contributed by atoms with Crippen molar-refractivity contribution in [1.82, 2.24) is 0 Å². The number of allylic oxidation sites excluding steroid dienone is 2. The van der Waals surface area contributed by atoms with Crippen LogP contribution in [-0.4, -0.2) is 6.54 Å². The van der Waals surface area contributed by atoms with E-state index in [2.05, 4.69) is 19.1 Å². The Kier molecular flexibility index (Phi) is 14.4. The zero-order valence-corrected chi connectivity index (χ0v) is 11.2. The van der Waals surface area contributed by atoms with E-state index in [1.807, 2.05) is 0 Å². The third-order valence-corrected chi connectivity index (χ3v) is 2.97. The van der Waals surface area contributed by atoms with Crippen molar-refractivity contribution in [3.05, 3.63) is 12.2 Å². The Morgan fingerprint density at radius 3 is 1.75 bits per heavy atom. The predicted molar refractivity (Wildman–Crippen MR) is 74.7 cm³/mol. The minimum absolute atomic E-state index is 0.862. The molecular formula is C15H31N. The SMILES string of the molecule is CCCCCC=CCCCCCCCCN. The van der Waals surface area contributed by atoms with Gasteiger partial charge in [0.15, 0.2) is 0 Å². The van der Waals surface area contributed by atoms with Crippen LogP contribution in [0.15, 0.2) is 12.2 Å². The van der Waals surface area contributed by atoms with Gasteiger partial charge in [-0.3, -0.25) is 0 Å². The smallest absolute Gasteiger partial charge is 0.00773 e. The number of hydrogen-bond acceptors (Lipinski definition) is 1. The normalized spacial score (nSPS) is 11.4. The third-order valence-electron chi connectivity index (χ3n) is 2.97. The maximum absolute atomic E-state index is 5.45. The third kappa shape index (κ3) is 13.7. The van der Waals surface area contributed by atoms with Crippen LogP contribution in [0.4, 0.5) is 0 Å². The van der Waals surface area contributed by atoms with Gasteiger partial charge in [-0.2, -0.15) is 0 Å². The number of nitrogens with two attached hydrogens (primary N) is 1. The molecule has 0 atom stereocenters. The van der Waals surface area contributed by atoms with Gasteiger partial charge in [0.25, 0.3) is 0 Å².